The second-order valence-electron chi connectivity index (χ2n) is 7.49. The monoisotopic (exact) mass is 298 g/mol. The van der Waals surface area contributed by atoms with Crippen LogP contribution in [0.25, 0.3) is 0 Å². The van der Waals surface area contributed by atoms with Crippen molar-refractivity contribution in [3.63, 3.8) is 0 Å². The Labute approximate surface area is 130 Å². The van der Waals surface area contributed by atoms with E-state index in [1.54, 1.807) is 0 Å². The standard InChI is InChI=1S/C17H34N2O2/c1-6-14-7-9-15(10-8-14)12-18-13(2)11-19-16(20)21-17(3,4)5/h13-15,18H,6-12H2,1-5H3,(H,19,20). The van der Waals surface area contributed by atoms with Crippen LogP contribution < -0.4 is 10.6 Å². The lowest BCUT2D eigenvalue weighted by Gasteiger charge is -2.29. The van der Waals surface area contributed by atoms with E-state index in [1.165, 1.54) is 32.1 Å². The van der Waals surface area contributed by atoms with Crippen LogP contribution in [0.1, 0.15) is 66.7 Å². The molecule has 1 fully saturated rings. The van der Waals surface area contributed by atoms with Gasteiger partial charge in [-0.3, -0.25) is 0 Å². The third-order valence-electron chi connectivity index (χ3n) is 4.25. The zero-order valence-electron chi connectivity index (χ0n) is 14.5. The maximum atomic E-state index is 11.6. The lowest BCUT2D eigenvalue weighted by Crippen LogP contribution is -2.42. The van der Waals surface area contributed by atoms with E-state index in [1.807, 2.05) is 20.8 Å². The Morgan fingerprint density at radius 2 is 1.76 bits per heavy atom. The molecule has 1 atom stereocenters. The van der Waals surface area contributed by atoms with Gasteiger partial charge in [-0.2, -0.15) is 0 Å². The van der Waals surface area contributed by atoms with Crippen molar-refractivity contribution < 1.29 is 9.53 Å². The van der Waals surface area contributed by atoms with Gasteiger partial charge in [0.25, 0.3) is 0 Å². The minimum Gasteiger partial charge on any atom is -0.444 e. The first-order valence-electron chi connectivity index (χ1n) is 8.50. The highest BCUT2D eigenvalue weighted by Crippen LogP contribution is 2.30. The molecule has 4 heteroatoms. The van der Waals surface area contributed by atoms with Gasteiger partial charge in [-0.25, -0.2) is 4.79 Å². The van der Waals surface area contributed by atoms with Crippen LogP contribution in [0.4, 0.5) is 4.79 Å². The molecule has 21 heavy (non-hydrogen) atoms. The molecule has 1 aliphatic carbocycles. The molecule has 0 aromatic rings. The molecule has 124 valence electrons. The summed E-state index contributed by atoms with van der Waals surface area (Å²) in [6.07, 6.45) is 6.45. The summed E-state index contributed by atoms with van der Waals surface area (Å²) in [6.45, 7) is 11.7. The van der Waals surface area contributed by atoms with Gasteiger partial charge in [0.2, 0.25) is 0 Å². The highest BCUT2D eigenvalue weighted by molar-refractivity contribution is 5.67. The smallest absolute Gasteiger partial charge is 0.407 e. The number of hydrogen-bond acceptors (Lipinski definition) is 3. The second kappa shape index (κ2) is 8.62. The Kier molecular flexibility index (Phi) is 7.50. The van der Waals surface area contributed by atoms with Gasteiger partial charge in [-0.05, 0) is 58.9 Å². The molecule has 1 unspecified atom stereocenters. The summed E-state index contributed by atoms with van der Waals surface area (Å²) in [5, 5.41) is 6.35. The number of nitrogens with one attached hydrogen (secondary N) is 2. The van der Waals surface area contributed by atoms with Crippen LogP contribution in [0, 0.1) is 11.8 Å². The van der Waals surface area contributed by atoms with Gasteiger partial charge < -0.3 is 15.4 Å². The fourth-order valence-corrected chi connectivity index (χ4v) is 2.83. The fourth-order valence-electron chi connectivity index (χ4n) is 2.83. The summed E-state index contributed by atoms with van der Waals surface area (Å²) in [5.41, 5.74) is -0.432. The maximum absolute atomic E-state index is 11.6. The quantitative estimate of drug-likeness (QED) is 0.786. The Morgan fingerprint density at radius 1 is 1.19 bits per heavy atom. The molecule has 1 saturated carbocycles. The molecule has 4 nitrogen and oxygen atoms in total. The summed E-state index contributed by atoms with van der Waals surface area (Å²) in [4.78, 5) is 11.6. The Balaban J connectivity index is 2.11. The van der Waals surface area contributed by atoms with Crippen LogP contribution >= 0.6 is 0 Å². The molecule has 1 amide bonds. The fraction of sp³-hybridized carbons (Fsp3) is 0.941. The summed E-state index contributed by atoms with van der Waals surface area (Å²) in [6, 6.07) is 0.279. The van der Waals surface area contributed by atoms with Gasteiger partial charge in [0.05, 0.1) is 0 Å². The molecule has 0 bridgehead atoms. The Hall–Kier alpha value is -0.770. The summed E-state index contributed by atoms with van der Waals surface area (Å²) in [7, 11) is 0. The van der Waals surface area contributed by atoms with Gasteiger partial charge in [0, 0.05) is 12.6 Å². The second-order valence-corrected chi connectivity index (χ2v) is 7.49. The van der Waals surface area contributed by atoms with Gasteiger partial charge in [0.1, 0.15) is 5.60 Å². The van der Waals surface area contributed by atoms with Crippen molar-refractivity contribution in [3.05, 3.63) is 0 Å². The van der Waals surface area contributed by atoms with E-state index in [0.717, 1.165) is 18.4 Å². The molecule has 1 rings (SSSR count). The van der Waals surface area contributed by atoms with Crippen LogP contribution in [0.15, 0.2) is 0 Å². The van der Waals surface area contributed by atoms with Crippen molar-refractivity contribution in [2.45, 2.75) is 78.4 Å². The molecule has 2 N–H and O–H groups in total. The van der Waals surface area contributed by atoms with Crippen LogP contribution in [0.2, 0.25) is 0 Å². The summed E-state index contributed by atoms with van der Waals surface area (Å²) >= 11 is 0. The molecule has 0 saturated heterocycles. The largest absolute Gasteiger partial charge is 0.444 e. The maximum Gasteiger partial charge on any atom is 0.407 e. The van der Waals surface area contributed by atoms with Crippen molar-refractivity contribution in [1.29, 1.82) is 0 Å². The van der Waals surface area contributed by atoms with Gasteiger partial charge in [0.15, 0.2) is 0 Å². The molecule has 0 heterocycles. The minimum atomic E-state index is -0.432. The third kappa shape index (κ3) is 8.30. The Bertz CT molecular complexity index is 304. The summed E-state index contributed by atoms with van der Waals surface area (Å²) < 4.78 is 5.23. The molecule has 0 aliphatic heterocycles. The average Bonchev–Trinajstić information content (AvgIpc) is 2.41. The molecular formula is C17H34N2O2. The number of ether oxygens (including phenoxy) is 1. The lowest BCUT2D eigenvalue weighted by molar-refractivity contribution is 0.0523. The highest BCUT2D eigenvalue weighted by Gasteiger charge is 2.20. The number of alkyl carbamates (subject to hydrolysis) is 1. The number of carbonyl (C=O) groups excluding carboxylic acids is 1. The lowest BCUT2D eigenvalue weighted by atomic mass is 9.81. The topological polar surface area (TPSA) is 50.4 Å². The first kappa shape index (κ1) is 18.3. The third-order valence-corrected chi connectivity index (χ3v) is 4.25. The van der Waals surface area contributed by atoms with E-state index in [2.05, 4.69) is 24.5 Å². The molecule has 0 spiro atoms. The highest BCUT2D eigenvalue weighted by atomic mass is 16.6. The predicted molar refractivity (Wildman–Crippen MR) is 87.4 cm³/mol. The molecular weight excluding hydrogens is 264 g/mol. The molecule has 0 aromatic carbocycles. The van der Waals surface area contributed by atoms with E-state index in [-0.39, 0.29) is 12.1 Å². The van der Waals surface area contributed by atoms with Crippen LogP contribution in [0.5, 0.6) is 0 Å². The van der Waals surface area contributed by atoms with Crippen LogP contribution in [-0.2, 0) is 4.74 Å². The first-order valence-corrected chi connectivity index (χ1v) is 8.50. The number of rotatable bonds is 6. The van der Waals surface area contributed by atoms with Crippen LogP contribution in [-0.4, -0.2) is 30.8 Å². The average molecular weight is 298 g/mol. The molecule has 1 aliphatic rings. The van der Waals surface area contributed by atoms with Gasteiger partial charge >= 0.3 is 6.09 Å². The van der Waals surface area contributed by atoms with Crippen molar-refractivity contribution >= 4 is 6.09 Å². The number of hydrogen-bond donors (Lipinski definition) is 2. The summed E-state index contributed by atoms with van der Waals surface area (Å²) in [5.74, 6) is 1.75. The number of amides is 1. The van der Waals surface area contributed by atoms with Gasteiger partial charge in [-0.1, -0.05) is 26.2 Å². The SMILES string of the molecule is CCC1CCC(CNC(C)CNC(=O)OC(C)(C)C)CC1. The van der Waals surface area contributed by atoms with E-state index < -0.39 is 5.60 Å². The van der Waals surface area contributed by atoms with Crippen LogP contribution in [0.3, 0.4) is 0 Å². The minimum absolute atomic E-state index is 0.279. The van der Waals surface area contributed by atoms with Crippen molar-refractivity contribution in [2.24, 2.45) is 11.8 Å². The molecule has 0 radical (unpaired) electrons. The van der Waals surface area contributed by atoms with Crippen molar-refractivity contribution in [2.75, 3.05) is 13.1 Å². The zero-order valence-corrected chi connectivity index (χ0v) is 14.5. The van der Waals surface area contributed by atoms with Gasteiger partial charge in [-0.15, -0.1) is 0 Å². The van der Waals surface area contributed by atoms with Crippen molar-refractivity contribution in [1.82, 2.24) is 10.6 Å². The Morgan fingerprint density at radius 3 is 2.29 bits per heavy atom. The predicted octanol–water partition coefficient (Wildman–Crippen LogP) is 3.71. The van der Waals surface area contributed by atoms with E-state index in [9.17, 15) is 4.79 Å². The van der Waals surface area contributed by atoms with E-state index >= 15 is 0 Å². The van der Waals surface area contributed by atoms with Crippen molar-refractivity contribution in [3.8, 4) is 0 Å². The van der Waals surface area contributed by atoms with E-state index in [4.69, 9.17) is 4.74 Å². The first-order chi connectivity index (χ1) is 9.80. The molecule has 0 aromatic heterocycles. The number of carbonyl (C=O) groups is 1. The normalized spacial score (nSPS) is 24.4. The zero-order chi connectivity index (χ0) is 15.9. The van der Waals surface area contributed by atoms with E-state index in [0.29, 0.717) is 6.54 Å².